The minimum atomic E-state index is -0.0529. The highest BCUT2D eigenvalue weighted by Gasteiger charge is 2.40. The van der Waals surface area contributed by atoms with Crippen LogP contribution in [0.5, 0.6) is 0 Å². The van der Waals surface area contributed by atoms with Gasteiger partial charge in [0.1, 0.15) is 0 Å². The Kier molecular flexibility index (Phi) is 5.67. The minimum Gasteiger partial charge on any atom is -0.268 e. The van der Waals surface area contributed by atoms with Gasteiger partial charge in [0.25, 0.3) is 0 Å². The summed E-state index contributed by atoms with van der Waals surface area (Å²) in [5, 5.41) is 5.29. The van der Waals surface area contributed by atoms with Crippen molar-refractivity contribution in [3.8, 4) is 0 Å². The van der Waals surface area contributed by atoms with Crippen molar-refractivity contribution in [2.75, 3.05) is 11.8 Å². The second kappa shape index (κ2) is 6.89. The largest absolute Gasteiger partial charge is 0.268 e. The van der Waals surface area contributed by atoms with E-state index in [9.17, 15) is 0 Å². The lowest BCUT2D eigenvalue weighted by molar-refractivity contribution is 0.220. The molecule has 0 atom stereocenters. The van der Waals surface area contributed by atoms with Crippen LogP contribution in [-0.4, -0.2) is 21.5 Å². The molecule has 1 aromatic heterocycles. The van der Waals surface area contributed by atoms with Gasteiger partial charge < -0.3 is 0 Å². The van der Waals surface area contributed by atoms with Gasteiger partial charge in [0.15, 0.2) is 0 Å². The third-order valence-corrected chi connectivity index (χ3v) is 6.28. The van der Waals surface area contributed by atoms with E-state index in [-0.39, 0.29) is 5.41 Å². The summed E-state index contributed by atoms with van der Waals surface area (Å²) in [6.07, 6.45) is 5.88. The van der Waals surface area contributed by atoms with Crippen LogP contribution in [0.2, 0.25) is 5.02 Å². The van der Waals surface area contributed by atoms with Crippen LogP contribution < -0.4 is 0 Å². The van der Waals surface area contributed by atoms with E-state index in [1.165, 1.54) is 25.7 Å². The highest BCUT2D eigenvalue weighted by atomic mass is 35.5. The van der Waals surface area contributed by atoms with Crippen LogP contribution in [0, 0.1) is 18.3 Å². The topological polar surface area (TPSA) is 17.8 Å². The van der Waals surface area contributed by atoms with Crippen LogP contribution in [0.15, 0.2) is 0 Å². The van der Waals surface area contributed by atoms with Crippen LogP contribution >= 0.6 is 34.8 Å². The lowest BCUT2D eigenvalue weighted by atomic mass is 9.74. The summed E-state index contributed by atoms with van der Waals surface area (Å²) in [7, 11) is 0. The van der Waals surface area contributed by atoms with Crippen molar-refractivity contribution >= 4 is 34.8 Å². The summed E-state index contributed by atoms with van der Waals surface area (Å²) >= 11 is 19.2. The molecule has 0 radical (unpaired) electrons. The van der Waals surface area contributed by atoms with Gasteiger partial charge in [0.05, 0.1) is 16.4 Å². The molecule has 0 saturated heterocycles. The van der Waals surface area contributed by atoms with Gasteiger partial charge in [-0.1, -0.05) is 24.4 Å². The van der Waals surface area contributed by atoms with Gasteiger partial charge in [-0.25, -0.2) is 0 Å². The van der Waals surface area contributed by atoms with Gasteiger partial charge in [-0.05, 0) is 39.0 Å². The summed E-state index contributed by atoms with van der Waals surface area (Å²) in [6, 6.07) is 0. The van der Waals surface area contributed by atoms with Crippen LogP contribution in [-0.2, 0) is 13.0 Å². The first-order valence-corrected chi connectivity index (χ1v) is 8.86. The average Bonchev–Trinajstić information content (AvgIpc) is 3.08. The third kappa shape index (κ3) is 2.98. The van der Waals surface area contributed by atoms with E-state index in [1.54, 1.807) is 0 Å². The monoisotopic (exact) mass is 336 g/mol. The van der Waals surface area contributed by atoms with Crippen molar-refractivity contribution in [3.05, 3.63) is 16.4 Å². The second-order valence-electron chi connectivity index (χ2n) is 5.95. The number of aromatic nitrogens is 2. The smallest absolute Gasteiger partial charge is 0.0847 e. The number of alkyl halides is 2. The summed E-state index contributed by atoms with van der Waals surface area (Å²) in [5.41, 5.74) is 1.94. The van der Waals surface area contributed by atoms with Gasteiger partial charge in [0.2, 0.25) is 0 Å². The number of halogens is 3. The predicted molar refractivity (Wildman–Crippen MR) is 87.2 cm³/mol. The van der Waals surface area contributed by atoms with E-state index in [1.807, 2.05) is 11.6 Å². The molecule has 0 aromatic carbocycles. The van der Waals surface area contributed by atoms with Crippen LogP contribution in [0.3, 0.4) is 0 Å². The zero-order valence-electron chi connectivity index (χ0n) is 12.3. The van der Waals surface area contributed by atoms with E-state index < -0.39 is 0 Å². The molecule has 0 bridgehead atoms. The fourth-order valence-corrected chi connectivity index (χ4v) is 4.52. The van der Waals surface area contributed by atoms with Crippen molar-refractivity contribution in [3.63, 3.8) is 0 Å². The molecule has 2 rings (SSSR count). The maximum absolute atomic E-state index is 6.45. The molecule has 0 N–H and O–H groups in total. The molecule has 1 saturated carbocycles. The van der Waals surface area contributed by atoms with Crippen molar-refractivity contribution < 1.29 is 0 Å². The molecule has 0 unspecified atom stereocenters. The molecular formula is C15H23Cl3N2. The van der Waals surface area contributed by atoms with Crippen LogP contribution in [0.1, 0.15) is 44.0 Å². The molecule has 1 aliphatic carbocycles. The summed E-state index contributed by atoms with van der Waals surface area (Å²) < 4.78 is 2.00. The van der Waals surface area contributed by atoms with E-state index >= 15 is 0 Å². The summed E-state index contributed by atoms with van der Waals surface area (Å²) in [4.78, 5) is 0. The Bertz CT molecular complexity index is 446. The second-order valence-corrected chi connectivity index (χ2v) is 6.86. The standard InChI is InChI=1S/C15H23Cl3N2/c1-3-20-13(14(18)11(2)19-20)8-15(9-16,10-17)12-6-4-5-7-12/h12H,3-10H2,1-2H3. The lowest BCUT2D eigenvalue weighted by Gasteiger charge is -2.36. The molecule has 20 heavy (non-hydrogen) atoms. The Morgan fingerprint density at radius 1 is 1.25 bits per heavy atom. The Balaban J connectivity index is 2.32. The molecule has 0 amide bonds. The average molecular weight is 338 g/mol. The Hall–Kier alpha value is 0.0800. The van der Waals surface area contributed by atoms with Gasteiger partial charge in [-0.3, -0.25) is 4.68 Å². The zero-order valence-corrected chi connectivity index (χ0v) is 14.5. The molecule has 2 nitrogen and oxygen atoms in total. The highest BCUT2D eigenvalue weighted by molar-refractivity contribution is 6.31. The van der Waals surface area contributed by atoms with E-state index in [2.05, 4.69) is 12.0 Å². The molecule has 1 fully saturated rings. The molecule has 5 heteroatoms. The van der Waals surface area contributed by atoms with Gasteiger partial charge in [-0.15, -0.1) is 23.2 Å². The van der Waals surface area contributed by atoms with Crippen molar-refractivity contribution in [2.45, 2.75) is 52.5 Å². The Morgan fingerprint density at radius 2 is 1.85 bits per heavy atom. The molecule has 0 aliphatic heterocycles. The SMILES string of the molecule is CCn1nc(C)c(Cl)c1CC(CCl)(CCl)C1CCCC1. The number of rotatable bonds is 6. The number of hydrogen-bond acceptors (Lipinski definition) is 1. The van der Waals surface area contributed by atoms with Gasteiger partial charge in [-0.2, -0.15) is 5.10 Å². The third-order valence-electron chi connectivity index (χ3n) is 4.73. The molecular weight excluding hydrogens is 315 g/mol. The number of nitrogens with zero attached hydrogens (tertiary/aromatic N) is 2. The first-order valence-electron chi connectivity index (χ1n) is 7.41. The van der Waals surface area contributed by atoms with Gasteiger partial charge in [0, 0.05) is 23.7 Å². The molecule has 1 aromatic rings. The number of hydrogen-bond donors (Lipinski definition) is 0. The fourth-order valence-electron chi connectivity index (χ4n) is 3.40. The summed E-state index contributed by atoms with van der Waals surface area (Å²) in [5.74, 6) is 1.78. The lowest BCUT2D eigenvalue weighted by Crippen LogP contribution is -2.36. The van der Waals surface area contributed by atoms with Crippen molar-refractivity contribution in [1.82, 2.24) is 9.78 Å². The van der Waals surface area contributed by atoms with E-state index in [0.29, 0.717) is 17.7 Å². The fraction of sp³-hybridized carbons (Fsp3) is 0.800. The quantitative estimate of drug-likeness (QED) is 0.663. The van der Waals surface area contributed by atoms with Gasteiger partial charge >= 0.3 is 0 Å². The van der Waals surface area contributed by atoms with E-state index in [4.69, 9.17) is 34.8 Å². The first kappa shape index (κ1) is 16.5. The maximum atomic E-state index is 6.45. The van der Waals surface area contributed by atoms with E-state index in [0.717, 1.165) is 29.4 Å². The maximum Gasteiger partial charge on any atom is 0.0847 e. The van der Waals surface area contributed by atoms with Crippen molar-refractivity contribution in [1.29, 1.82) is 0 Å². The Labute approximate surface area is 136 Å². The van der Waals surface area contributed by atoms with Crippen LogP contribution in [0.25, 0.3) is 0 Å². The minimum absolute atomic E-state index is 0.0529. The zero-order chi connectivity index (χ0) is 14.8. The highest BCUT2D eigenvalue weighted by Crippen LogP contribution is 2.45. The Morgan fingerprint density at radius 3 is 2.35 bits per heavy atom. The number of aryl methyl sites for hydroxylation is 2. The predicted octanol–water partition coefficient (Wildman–Crippen LogP) is 5.06. The van der Waals surface area contributed by atoms with Crippen molar-refractivity contribution in [2.24, 2.45) is 11.3 Å². The molecule has 1 heterocycles. The van der Waals surface area contributed by atoms with Crippen LogP contribution in [0.4, 0.5) is 0 Å². The normalized spacial score (nSPS) is 17.1. The molecule has 1 aliphatic rings. The summed E-state index contributed by atoms with van der Waals surface area (Å²) in [6.45, 7) is 4.87. The molecule has 0 spiro atoms. The first-order chi connectivity index (χ1) is 9.57. The molecule has 114 valence electrons.